The van der Waals surface area contributed by atoms with Crippen molar-refractivity contribution in [1.29, 1.82) is 0 Å². The Hall–Kier alpha value is -2.42. The number of rotatable bonds is 8. The number of aliphatic imine (C=N–C) groups is 1. The first-order chi connectivity index (χ1) is 13.9. The van der Waals surface area contributed by atoms with Crippen molar-refractivity contribution in [2.75, 3.05) is 53.4 Å². The number of hydrogen-bond acceptors (Lipinski definition) is 4. The molecule has 162 valence electrons. The minimum Gasteiger partial charge on any atom is -0.492 e. The molecule has 0 aromatic heterocycles. The summed E-state index contributed by atoms with van der Waals surface area (Å²) >= 11 is 0. The summed E-state index contributed by atoms with van der Waals surface area (Å²) < 4.78 is 31.5. The summed E-state index contributed by atoms with van der Waals surface area (Å²) in [5, 5.41) is 6.62. The van der Waals surface area contributed by atoms with E-state index >= 15 is 0 Å². The molecule has 1 heterocycles. The molecule has 1 aromatic carbocycles. The number of hydrogen-bond donors (Lipinski definition) is 2. The molecule has 1 fully saturated rings. The second kappa shape index (κ2) is 11.5. The number of nitrogens with one attached hydrogen (secondary N) is 2. The van der Waals surface area contributed by atoms with Gasteiger partial charge in [0, 0.05) is 45.8 Å². The molecule has 0 radical (unpaired) electrons. The Bertz CT molecular complexity index is 691. The highest BCUT2D eigenvalue weighted by molar-refractivity contribution is 5.80. The maximum atomic E-state index is 13.2. The molecular weight excluding hydrogens is 380 g/mol. The van der Waals surface area contributed by atoms with Crippen LogP contribution in [0.25, 0.3) is 0 Å². The Morgan fingerprint density at radius 3 is 2.62 bits per heavy atom. The average molecular weight is 411 g/mol. The van der Waals surface area contributed by atoms with Gasteiger partial charge in [-0.2, -0.15) is 0 Å². The van der Waals surface area contributed by atoms with Gasteiger partial charge in [0.1, 0.15) is 12.4 Å². The van der Waals surface area contributed by atoms with Crippen LogP contribution in [0.2, 0.25) is 0 Å². The summed E-state index contributed by atoms with van der Waals surface area (Å²) in [4.78, 5) is 20.1. The number of benzene rings is 1. The van der Waals surface area contributed by atoms with Crippen LogP contribution >= 0.6 is 0 Å². The van der Waals surface area contributed by atoms with Gasteiger partial charge < -0.3 is 20.3 Å². The van der Waals surface area contributed by atoms with E-state index in [1.54, 1.807) is 19.0 Å². The summed E-state index contributed by atoms with van der Waals surface area (Å²) in [6.07, 6.45) is 1.85. The third-order valence-electron chi connectivity index (χ3n) is 4.65. The van der Waals surface area contributed by atoms with E-state index in [0.717, 1.165) is 44.6 Å². The Morgan fingerprint density at radius 1 is 1.28 bits per heavy atom. The number of likely N-dealkylation sites (N-methyl/N-ethyl adjacent to an activating group) is 1. The van der Waals surface area contributed by atoms with Gasteiger partial charge in [0.15, 0.2) is 17.6 Å². The summed E-state index contributed by atoms with van der Waals surface area (Å²) in [6.45, 7) is 5.52. The number of nitrogens with zero attached hydrogens (tertiary/aromatic N) is 3. The molecule has 0 atom stereocenters. The molecule has 1 amide bonds. The van der Waals surface area contributed by atoms with Gasteiger partial charge in [-0.3, -0.25) is 9.69 Å². The second-order valence-electron chi connectivity index (χ2n) is 7.17. The normalized spacial score (nSPS) is 15.8. The number of likely N-dealkylation sites (tertiary alicyclic amines) is 1. The molecule has 1 aromatic rings. The Kier molecular flexibility index (Phi) is 9.11. The zero-order chi connectivity index (χ0) is 21.2. The fourth-order valence-electron chi connectivity index (χ4n) is 2.97. The summed E-state index contributed by atoms with van der Waals surface area (Å²) in [7, 11) is 3.54. The number of carbonyl (C=O) groups excluding carboxylic acids is 1. The standard InChI is InChI=1S/C20H31F2N5O2/c1-4-23-20(24-9-12-29-16-5-6-17(21)18(22)13-16)25-15-7-10-27(11-8-15)14-19(28)26(2)3/h5-6,13,15H,4,7-12,14H2,1-3H3,(H2,23,24,25). The van der Waals surface area contributed by atoms with Crippen LogP contribution in [-0.2, 0) is 4.79 Å². The average Bonchev–Trinajstić information content (AvgIpc) is 2.69. The molecule has 1 saturated heterocycles. The minimum atomic E-state index is -0.931. The van der Waals surface area contributed by atoms with Crippen LogP contribution in [0.4, 0.5) is 8.78 Å². The predicted molar refractivity (Wildman–Crippen MR) is 109 cm³/mol. The summed E-state index contributed by atoms with van der Waals surface area (Å²) in [5.74, 6) is -0.737. The quantitative estimate of drug-likeness (QED) is 0.385. The fourth-order valence-corrected chi connectivity index (χ4v) is 2.97. The summed E-state index contributed by atoms with van der Waals surface area (Å²) in [5.41, 5.74) is 0. The molecule has 0 aliphatic carbocycles. The fraction of sp³-hybridized carbons (Fsp3) is 0.600. The number of piperidine rings is 1. The van der Waals surface area contributed by atoms with Crippen molar-refractivity contribution in [1.82, 2.24) is 20.4 Å². The monoisotopic (exact) mass is 411 g/mol. The van der Waals surface area contributed by atoms with Crippen molar-refractivity contribution in [3.05, 3.63) is 29.8 Å². The van der Waals surface area contributed by atoms with Gasteiger partial charge >= 0.3 is 0 Å². The lowest BCUT2D eigenvalue weighted by molar-refractivity contribution is -0.130. The van der Waals surface area contributed by atoms with Crippen LogP contribution in [0.1, 0.15) is 19.8 Å². The number of halogens is 2. The highest BCUT2D eigenvalue weighted by Gasteiger charge is 2.22. The van der Waals surface area contributed by atoms with Crippen molar-refractivity contribution < 1.29 is 18.3 Å². The smallest absolute Gasteiger partial charge is 0.236 e. The molecule has 1 aliphatic rings. The van der Waals surface area contributed by atoms with Gasteiger partial charge in [0.2, 0.25) is 5.91 Å². The van der Waals surface area contributed by atoms with Gasteiger partial charge in [-0.15, -0.1) is 0 Å². The maximum Gasteiger partial charge on any atom is 0.236 e. The van der Waals surface area contributed by atoms with Crippen molar-refractivity contribution in [2.45, 2.75) is 25.8 Å². The van der Waals surface area contributed by atoms with Gasteiger partial charge in [-0.25, -0.2) is 13.8 Å². The Morgan fingerprint density at radius 2 is 2.00 bits per heavy atom. The molecule has 0 saturated carbocycles. The molecule has 0 unspecified atom stereocenters. The third-order valence-corrected chi connectivity index (χ3v) is 4.65. The number of amides is 1. The lowest BCUT2D eigenvalue weighted by Crippen LogP contribution is -2.50. The van der Waals surface area contributed by atoms with Gasteiger partial charge in [0.25, 0.3) is 0 Å². The first-order valence-corrected chi connectivity index (χ1v) is 9.94. The summed E-state index contributed by atoms with van der Waals surface area (Å²) in [6, 6.07) is 3.74. The number of guanidine groups is 1. The van der Waals surface area contributed by atoms with Gasteiger partial charge in [-0.05, 0) is 31.9 Å². The van der Waals surface area contributed by atoms with E-state index < -0.39 is 11.6 Å². The number of carbonyl (C=O) groups is 1. The molecule has 1 aliphatic heterocycles. The van der Waals surface area contributed by atoms with Crippen molar-refractivity contribution in [3.63, 3.8) is 0 Å². The van der Waals surface area contributed by atoms with Crippen LogP contribution in [0, 0.1) is 11.6 Å². The Balaban J connectivity index is 1.76. The molecule has 29 heavy (non-hydrogen) atoms. The lowest BCUT2D eigenvalue weighted by Gasteiger charge is -2.33. The lowest BCUT2D eigenvalue weighted by atomic mass is 10.1. The molecule has 2 rings (SSSR count). The zero-order valence-corrected chi connectivity index (χ0v) is 17.4. The van der Waals surface area contributed by atoms with E-state index in [1.165, 1.54) is 6.07 Å². The molecular formula is C20H31F2N5O2. The third kappa shape index (κ3) is 7.84. The number of ether oxygens (including phenoxy) is 1. The zero-order valence-electron chi connectivity index (χ0n) is 17.4. The highest BCUT2D eigenvalue weighted by Crippen LogP contribution is 2.15. The van der Waals surface area contributed by atoms with Crippen LogP contribution in [-0.4, -0.2) is 81.1 Å². The predicted octanol–water partition coefficient (Wildman–Crippen LogP) is 1.45. The highest BCUT2D eigenvalue weighted by atomic mass is 19.2. The van der Waals surface area contributed by atoms with Crippen LogP contribution < -0.4 is 15.4 Å². The van der Waals surface area contributed by atoms with Gasteiger partial charge in [-0.1, -0.05) is 0 Å². The van der Waals surface area contributed by atoms with E-state index in [9.17, 15) is 13.6 Å². The molecule has 0 bridgehead atoms. The SMILES string of the molecule is CCNC(=NCCOc1ccc(F)c(F)c1)NC1CCN(CC(=O)N(C)C)CC1. The second-order valence-corrected chi connectivity index (χ2v) is 7.17. The molecule has 0 spiro atoms. The van der Waals surface area contributed by atoms with E-state index in [2.05, 4.69) is 20.5 Å². The molecule has 2 N–H and O–H groups in total. The first kappa shape index (κ1) is 22.9. The minimum absolute atomic E-state index is 0.118. The largest absolute Gasteiger partial charge is 0.492 e. The van der Waals surface area contributed by atoms with E-state index in [1.807, 2.05) is 6.92 Å². The topological polar surface area (TPSA) is 69.2 Å². The first-order valence-electron chi connectivity index (χ1n) is 9.94. The van der Waals surface area contributed by atoms with E-state index in [0.29, 0.717) is 19.0 Å². The van der Waals surface area contributed by atoms with Gasteiger partial charge in [0.05, 0.1) is 13.1 Å². The maximum absolute atomic E-state index is 13.2. The van der Waals surface area contributed by atoms with Crippen molar-refractivity contribution in [3.8, 4) is 5.75 Å². The molecule has 9 heteroatoms. The van der Waals surface area contributed by atoms with Crippen LogP contribution in [0.5, 0.6) is 5.75 Å². The van der Waals surface area contributed by atoms with Crippen LogP contribution in [0.15, 0.2) is 23.2 Å². The van der Waals surface area contributed by atoms with E-state index in [4.69, 9.17) is 4.74 Å². The van der Waals surface area contributed by atoms with Crippen molar-refractivity contribution in [2.24, 2.45) is 4.99 Å². The molecule has 7 nitrogen and oxygen atoms in total. The van der Waals surface area contributed by atoms with E-state index in [-0.39, 0.29) is 24.3 Å². The Labute approximate surface area is 171 Å². The van der Waals surface area contributed by atoms with Crippen LogP contribution in [0.3, 0.4) is 0 Å². The van der Waals surface area contributed by atoms with Crippen molar-refractivity contribution >= 4 is 11.9 Å².